The molecule has 52 heavy (non-hydrogen) atoms. The lowest BCUT2D eigenvalue weighted by Gasteiger charge is -2.21. The van der Waals surface area contributed by atoms with E-state index in [1.807, 2.05) is 12.1 Å². The topological polar surface area (TPSA) is 13.1 Å². The molecule has 0 radical (unpaired) electrons. The zero-order chi connectivity index (χ0) is 34.2. The van der Waals surface area contributed by atoms with E-state index in [9.17, 15) is 0 Å². The van der Waals surface area contributed by atoms with E-state index in [-0.39, 0.29) is 0 Å². The molecule has 0 atom stereocenters. The highest BCUT2D eigenvalue weighted by Gasteiger charge is 2.25. The second-order valence-electron chi connectivity index (χ2n) is 13.9. The van der Waals surface area contributed by atoms with Crippen molar-refractivity contribution in [1.29, 1.82) is 0 Å². The zero-order valence-electron chi connectivity index (χ0n) is 28.4. The average molecular weight is 661 g/mol. The van der Waals surface area contributed by atoms with Gasteiger partial charge in [0.2, 0.25) is 0 Å². The standard InChI is InChI=1S/C51H32O/c1-2-15-34-32(14-1)30-46-36(34)25-13-26-38(46)37-17-4-6-20-41(37)51-44-23-9-7-21-42(44)50(43-22-8-10-24-45(43)51)40-19-5-3-16-35(40)33-28-29-49-47(31-33)39-18-11-12-27-48(39)52-49/h1-29,31H,30H2. The molecule has 0 N–H and O–H groups in total. The summed E-state index contributed by atoms with van der Waals surface area (Å²) in [6.45, 7) is 0. The molecular weight excluding hydrogens is 629 g/mol. The van der Waals surface area contributed by atoms with E-state index >= 15 is 0 Å². The Morgan fingerprint density at radius 2 is 0.769 bits per heavy atom. The van der Waals surface area contributed by atoms with Crippen molar-refractivity contribution in [2.24, 2.45) is 0 Å². The van der Waals surface area contributed by atoms with Crippen molar-refractivity contribution in [2.45, 2.75) is 6.42 Å². The van der Waals surface area contributed by atoms with E-state index < -0.39 is 0 Å². The highest BCUT2D eigenvalue weighted by Crippen LogP contribution is 2.50. The van der Waals surface area contributed by atoms with Gasteiger partial charge in [0, 0.05) is 10.8 Å². The molecule has 1 heterocycles. The Morgan fingerprint density at radius 1 is 0.308 bits per heavy atom. The highest BCUT2D eigenvalue weighted by molar-refractivity contribution is 6.23. The summed E-state index contributed by atoms with van der Waals surface area (Å²) in [5.41, 5.74) is 17.4. The van der Waals surface area contributed by atoms with Crippen LogP contribution in [0.1, 0.15) is 11.1 Å². The molecule has 11 rings (SSSR count). The molecule has 1 heteroatoms. The first kappa shape index (κ1) is 29.1. The summed E-state index contributed by atoms with van der Waals surface area (Å²) in [4.78, 5) is 0. The molecule has 9 aromatic carbocycles. The molecule has 10 aromatic rings. The summed E-state index contributed by atoms with van der Waals surface area (Å²) in [6.07, 6.45) is 0.952. The van der Waals surface area contributed by atoms with Crippen LogP contribution in [0.15, 0.2) is 186 Å². The van der Waals surface area contributed by atoms with E-state index in [1.165, 1.54) is 88.3 Å². The quantitative estimate of drug-likeness (QED) is 0.171. The number of benzene rings is 9. The van der Waals surface area contributed by atoms with Crippen LogP contribution >= 0.6 is 0 Å². The van der Waals surface area contributed by atoms with Gasteiger partial charge in [-0.3, -0.25) is 0 Å². The number of rotatable bonds is 4. The Hall–Kier alpha value is -6.70. The fourth-order valence-electron chi connectivity index (χ4n) is 8.90. The van der Waals surface area contributed by atoms with Crippen molar-refractivity contribution in [1.82, 2.24) is 0 Å². The molecule has 0 fully saturated rings. The lowest BCUT2D eigenvalue weighted by atomic mass is 9.81. The molecule has 0 unspecified atom stereocenters. The normalized spacial score (nSPS) is 12.2. The molecule has 0 aliphatic heterocycles. The van der Waals surface area contributed by atoms with Gasteiger partial charge in [-0.15, -0.1) is 0 Å². The Kier molecular flexibility index (Phi) is 6.38. The first-order valence-corrected chi connectivity index (χ1v) is 18.1. The zero-order valence-corrected chi connectivity index (χ0v) is 28.4. The monoisotopic (exact) mass is 660 g/mol. The first-order chi connectivity index (χ1) is 25.8. The lowest BCUT2D eigenvalue weighted by Crippen LogP contribution is -1.95. The number of furan rings is 1. The maximum Gasteiger partial charge on any atom is 0.135 e. The molecule has 1 aliphatic carbocycles. The largest absolute Gasteiger partial charge is 0.456 e. The van der Waals surface area contributed by atoms with Crippen LogP contribution in [0.4, 0.5) is 0 Å². The summed E-state index contributed by atoms with van der Waals surface area (Å²) < 4.78 is 6.21. The van der Waals surface area contributed by atoms with Crippen LogP contribution in [-0.2, 0) is 6.42 Å². The molecule has 0 saturated heterocycles. The Bertz CT molecular complexity index is 2990. The Balaban J connectivity index is 1.17. The maximum atomic E-state index is 6.21. The minimum Gasteiger partial charge on any atom is -0.456 e. The van der Waals surface area contributed by atoms with Crippen LogP contribution in [-0.4, -0.2) is 0 Å². The summed E-state index contributed by atoms with van der Waals surface area (Å²) in [5.74, 6) is 0. The van der Waals surface area contributed by atoms with E-state index in [1.54, 1.807) is 0 Å². The van der Waals surface area contributed by atoms with E-state index in [0.717, 1.165) is 28.4 Å². The van der Waals surface area contributed by atoms with Crippen molar-refractivity contribution in [3.8, 4) is 55.6 Å². The lowest BCUT2D eigenvalue weighted by molar-refractivity contribution is 0.669. The second kappa shape index (κ2) is 11.4. The van der Waals surface area contributed by atoms with Crippen LogP contribution in [0.25, 0.3) is 99.1 Å². The van der Waals surface area contributed by atoms with Crippen molar-refractivity contribution < 1.29 is 4.42 Å². The van der Waals surface area contributed by atoms with Crippen LogP contribution < -0.4 is 0 Å². The van der Waals surface area contributed by atoms with Crippen LogP contribution in [0.2, 0.25) is 0 Å². The minimum atomic E-state index is 0.911. The van der Waals surface area contributed by atoms with Gasteiger partial charge in [-0.1, -0.05) is 164 Å². The van der Waals surface area contributed by atoms with Gasteiger partial charge in [0.15, 0.2) is 0 Å². The van der Waals surface area contributed by atoms with Gasteiger partial charge in [0.05, 0.1) is 0 Å². The van der Waals surface area contributed by atoms with Gasteiger partial charge in [-0.2, -0.15) is 0 Å². The first-order valence-electron chi connectivity index (χ1n) is 18.1. The Morgan fingerprint density at radius 3 is 1.44 bits per heavy atom. The van der Waals surface area contributed by atoms with Gasteiger partial charge in [0.1, 0.15) is 11.2 Å². The molecule has 1 aliphatic rings. The van der Waals surface area contributed by atoms with Crippen LogP contribution in [0.3, 0.4) is 0 Å². The third-order valence-corrected chi connectivity index (χ3v) is 11.2. The van der Waals surface area contributed by atoms with E-state index in [0.29, 0.717) is 0 Å². The van der Waals surface area contributed by atoms with Gasteiger partial charge in [-0.25, -0.2) is 0 Å². The summed E-state index contributed by atoms with van der Waals surface area (Å²) in [5, 5.41) is 7.29. The molecule has 1 nitrogen and oxygen atoms in total. The summed E-state index contributed by atoms with van der Waals surface area (Å²) >= 11 is 0. The molecule has 0 amide bonds. The third-order valence-electron chi connectivity index (χ3n) is 11.2. The maximum absolute atomic E-state index is 6.21. The van der Waals surface area contributed by atoms with Gasteiger partial charge in [0.25, 0.3) is 0 Å². The molecule has 1 aromatic heterocycles. The number of para-hydroxylation sites is 1. The molecule has 0 saturated carbocycles. The van der Waals surface area contributed by atoms with Gasteiger partial charge >= 0.3 is 0 Å². The van der Waals surface area contributed by atoms with Crippen molar-refractivity contribution in [3.05, 3.63) is 193 Å². The van der Waals surface area contributed by atoms with Gasteiger partial charge < -0.3 is 4.42 Å². The molecule has 242 valence electrons. The minimum absolute atomic E-state index is 0.911. The Labute approximate surface area is 302 Å². The SMILES string of the molecule is c1ccc2c(c1)Cc1c-2cccc1-c1ccccc1-c1c2ccccc2c(-c2ccccc2-c2ccc3oc4ccccc4c3c2)c2ccccc12. The van der Waals surface area contributed by atoms with Crippen molar-refractivity contribution in [3.63, 3.8) is 0 Å². The van der Waals surface area contributed by atoms with Gasteiger partial charge in [-0.05, 0) is 113 Å². The second-order valence-corrected chi connectivity index (χ2v) is 13.9. The van der Waals surface area contributed by atoms with E-state index in [4.69, 9.17) is 4.42 Å². The average Bonchev–Trinajstić information content (AvgIpc) is 3.78. The predicted octanol–water partition coefficient (Wildman–Crippen LogP) is 14.1. The van der Waals surface area contributed by atoms with Crippen LogP contribution in [0, 0.1) is 0 Å². The molecular formula is C51H32O. The summed E-state index contributed by atoms with van der Waals surface area (Å²) in [6, 6.07) is 66.5. The van der Waals surface area contributed by atoms with E-state index in [2.05, 4.69) is 170 Å². The number of hydrogen-bond donors (Lipinski definition) is 0. The molecule has 0 bridgehead atoms. The molecule has 0 spiro atoms. The van der Waals surface area contributed by atoms with Crippen LogP contribution in [0.5, 0.6) is 0 Å². The fourth-order valence-corrected chi connectivity index (χ4v) is 8.90. The highest BCUT2D eigenvalue weighted by atomic mass is 16.3. The smallest absolute Gasteiger partial charge is 0.135 e. The van der Waals surface area contributed by atoms with Crippen molar-refractivity contribution >= 4 is 43.5 Å². The predicted molar refractivity (Wildman–Crippen MR) is 219 cm³/mol. The fraction of sp³-hybridized carbons (Fsp3) is 0.0196. The van der Waals surface area contributed by atoms with Crippen molar-refractivity contribution in [2.75, 3.05) is 0 Å². The number of fused-ring (bicyclic) bond motifs is 8. The third kappa shape index (κ3) is 4.30. The number of hydrogen-bond acceptors (Lipinski definition) is 1. The summed E-state index contributed by atoms with van der Waals surface area (Å²) in [7, 11) is 0.